The van der Waals surface area contributed by atoms with Crippen molar-refractivity contribution in [3.05, 3.63) is 42.0 Å². The molecule has 2 aliphatic rings. The molecular formula is C21H29N3O2. The fourth-order valence-corrected chi connectivity index (χ4v) is 3.58. The molecule has 0 saturated carbocycles. The molecule has 0 bridgehead atoms. The molecule has 140 valence electrons. The number of likely N-dealkylation sites (tertiary alicyclic amines) is 1. The Kier molecular flexibility index (Phi) is 6.83. The van der Waals surface area contributed by atoms with Crippen molar-refractivity contribution in [1.82, 2.24) is 14.7 Å². The van der Waals surface area contributed by atoms with Crippen LogP contribution in [0.1, 0.15) is 31.2 Å². The molecule has 0 radical (unpaired) electrons. The highest BCUT2D eigenvalue weighted by molar-refractivity contribution is 5.97. The molecule has 0 N–H and O–H groups in total. The Bertz CT molecular complexity index is 615. The van der Waals surface area contributed by atoms with E-state index in [1.807, 2.05) is 28.0 Å². The molecule has 0 atom stereocenters. The van der Waals surface area contributed by atoms with Gasteiger partial charge in [0.15, 0.2) is 0 Å². The van der Waals surface area contributed by atoms with Gasteiger partial charge in [-0.25, -0.2) is 0 Å². The summed E-state index contributed by atoms with van der Waals surface area (Å²) in [6, 6.07) is 10.3. The van der Waals surface area contributed by atoms with Gasteiger partial charge in [-0.3, -0.25) is 14.5 Å². The van der Waals surface area contributed by atoms with Gasteiger partial charge in [0.05, 0.1) is 0 Å². The van der Waals surface area contributed by atoms with Crippen LogP contribution in [-0.4, -0.2) is 72.3 Å². The molecule has 0 aliphatic carbocycles. The van der Waals surface area contributed by atoms with Crippen molar-refractivity contribution in [2.45, 2.75) is 25.7 Å². The third-order valence-corrected chi connectivity index (χ3v) is 5.21. The highest BCUT2D eigenvalue weighted by Crippen LogP contribution is 2.11. The number of hydrogen-bond donors (Lipinski definition) is 0. The lowest BCUT2D eigenvalue weighted by atomic mass is 10.1. The van der Waals surface area contributed by atoms with E-state index in [0.717, 1.165) is 45.6 Å². The first-order valence-corrected chi connectivity index (χ1v) is 9.72. The van der Waals surface area contributed by atoms with Crippen LogP contribution in [-0.2, 0) is 9.59 Å². The Labute approximate surface area is 156 Å². The number of piperazine rings is 1. The van der Waals surface area contributed by atoms with Gasteiger partial charge in [0.25, 0.3) is 0 Å². The largest absolute Gasteiger partial charge is 0.342 e. The van der Waals surface area contributed by atoms with Crippen LogP contribution >= 0.6 is 0 Å². The number of piperidine rings is 1. The van der Waals surface area contributed by atoms with Crippen LogP contribution < -0.4 is 0 Å². The molecule has 2 fully saturated rings. The van der Waals surface area contributed by atoms with E-state index in [2.05, 4.69) is 29.2 Å². The Balaban J connectivity index is 1.38. The van der Waals surface area contributed by atoms with E-state index in [1.54, 1.807) is 0 Å². The maximum atomic E-state index is 12.4. The number of rotatable bonds is 5. The zero-order chi connectivity index (χ0) is 18.2. The average Bonchev–Trinajstić information content (AvgIpc) is 2.70. The molecule has 2 aliphatic heterocycles. The molecule has 1 aromatic rings. The summed E-state index contributed by atoms with van der Waals surface area (Å²) in [6.45, 7) is 5.67. The second-order valence-electron chi connectivity index (χ2n) is 7.11. The van der Waals surface area contributed by atoms with Gasteiger partial charge in [-0.05, 0) is 24.8 Å². The summed E-state index contributed by atoms with van der Waals surface area (Å²) in [5.74, 6) is -0.0111. The van der Waals surface area contributed by atoms with Crippen molar-refractivity contribution >= 4 is 17.9 Å². The first-order chi connectivity index (χ1) is 12.7. The van der Waals surface area contributed by atoms with Crippen LogP contribution in [0, 0.1) is 0 Å². The standard InChI is InChI=1S/C21H29N3O2/c25-20(23-12-5-2-6-13-23)18-21(26)24-16-14-22(15-17-24)11-7-10-19-8-3-1-4-9-19/h1,3-4,7-10H,2,5-6,11-18H2/b10-7+. The van der Waals surface area contributed by atoms with Crippen LogP contribution in [0.4, 0.5) is 0 Å². The summed E-state index contributed by atoms with van der Waals surface area (Å²) in [5.41, 5.74) is 1.21. The van der Waals surface area contributed by atoms with E-state index in [-0.39, 0.29) is 18.2 Å². The van der Waals surface area contributed by atoms with Crippen molar-refractivity contribution < 1.29 is 9.59 Å². The van der Waals surface area contributed by atoms with E-state index in [9.17, 15) is 9.59 Å². The smallest absolute Gasteiger partial charge is 0.232 e. The monoisotopic (exact) mass is 355 g/mol. The summed E-state index contributed by atoms with van der Waals surface area (Å²) < 4.78 is 0. The zero-order valence-electron chi connectivity index (χ0n) is 15.5. The van der Waals surface area contributed by atoms with E-state index in [4.69, 9.17) is 0 Å². The zero-order valence-corrected chi connectivity index (χ0v) is 15.5. The number of amides is 2. The molecule has 26 heavy (non-hydrogen) atoms. The molecule has 0 unspecified atom stereocenters. The highest BCUT2D eigenvalue weighted by Gasteiger charge is 2.25. The van der Waals surface area contributed by atoms with Crippen LogP contribution in [0.3, 0.4) is 0 Å². The minimum Gasteiger partial charge on any atom is -0.342 e. The van der Waals surface area contributed by atoms with Crippen molar-refractivity contribution in [2.75, 3.05) is 45.8 Å². The molecule has 5 heteroatoms. The summed E-state index contributed by atoms with van der Waals surface area (Å²) in [4.78, 5) is 30.7. The van der Waals surface area contributed by atoms with E-state index in [1.165, 1.54) is 12.0 Å². The Morgan fingerprint density at radius 1 is 0.808 bits per heavy atom. The first kappa shape index (κ1) is 18.6. The quantitative estimate of drug-likeness (QED) is 0.761. The molecule has 5 nitrogen and oxygen atoms in total. The lowest BCUT2D eigenvalue weighted by Crippen LogP contribution is -2.49. The van der Waals surface area contributed by atoms with Crippen LogP contribution in [0.25, 0.3) is 6.08 Å². The van der Waals surface area contributed by atoms with Gasteiger partial charge >= 0.3 is 0 Å². The predicted molar refractivity (Wildman–Crippen MR) is 104 cm³/mol. The molecule has 1 aromatic carbocycles. The van der Waals surface area contributed by atoms with Crippen LogP contribution in [0.5, 0.6) is 0 Å². The first-order valence-electron chi connectivity index (χ1n) is 9.72. The Morgan fingerprint density at radius 2 is 1.42 bits per heavy atom. The SMILES string of the molecule is O=C(CC(=O)N1CCN(C/C=C/c2ccccc2)CC1)N1CCCCC1. The van der Waals surface area contributed by atoms with Gasteiger partial charge in [-0.2, -0.15) is 0 Å². The minimum atomic E-state index is -0.0138. The summed E-state index contributed by atoms with van der Waals surface area (Å²) >= 11 is 0. The molecule has 2 heterocycles. The van der Waals surface area contributed by atoms with Crippen LogP contribution in [0.15, 0.2) is 36.4 Å². The maximum absolute atomic E-state index is 12.4. The lowest BCUT2D eigenvalue weighted by Gasteiger charge is -2.34. The topological polar surface area (TPSA) is 43.9 Å². The molecule has 3 rings (SSSR count). The number of benzene rings is 1. The molecule has 0 spiro atoms. The van der Waals surface area contributed by atoms with Crippen molar-refractivity contribution in [3.8, 4) is 0 Å². The number of hydrogen-bond acceptors (Lipinski definition) is 3. The summed E-state index contributed by atoms with van der Waals surface area (Å²) in [7, 11) is 0. The second kappa shape index (κ2) is 9.53. The van der Waals surface area contributed by atoms with Crippen molar-refractivity contribution in [3.63, 3.8) is 0 Å². The summed E-state index contributed by atoms with van der Waals surface area (Å²) in [6.07, 6.45) is 7.66. The van der Waals surface area contributed by atoms with Gasteiger partial charge in [0, 0.05) is 45.8 Å². The minimum absolute atomic E-state index is 0.00271. The highest BCUT2D eigenvalue weighted by atomic mass is 16.2. The number of carbonyl (C=O) groups is 2. The van der Waals surface area contributed by atoms with Crippen molar-refractivity contribution in [1.29, 1.82) is 0 Å². The van der Waals surface area contributed by atoms with Gasteiger partial charge < -0.3 is 9.80 Å². The summed E-state index contributed by atoms with van der Waals surface area (Å²) in [5, 5.41) is 0. The van der Waals surface area contributed by atoms with Gasteiger partial charge in [-0.1, -0.05) is 42.5 Å². The van der Waals surface area contributed by atoms with E-state index in [0.29, 0.717) is 13.1 Å². The molecule has 2 saturated heterocycles. The number of carbonyl (C=O) groups excluding carboxylic acids is 2. The predicted octanol–water partition coefficient (Wildman–Crippen LogP) is 2.25. The molecule has 2 amide bonds. The molecular weight excluding hydrogens is 326 g/mol. The second-order valence-corrected chi connectivity index (χ2v) is 7.11. The van der Waals surface area contributed by atoms with Gasteiger partial charge in [0.2, 0.25) is 11.8 Å². The molecule has 0 aromatic heterocycles. The normalized spacial score (nSPS) is 19.1. The maximum Gasteiger partial charge on any atom is 0.232 e. The van der Waals surface area contributed by atoms with E-state index >= 15 is 0 Å². The number of nitrogens with zero attached hydrogens (tertiary/aromatic N) is 3. The third kappa shape index (κ3) is 5.43. The lowest BCUT2D eigenvalue weighted by molar-refractivity contribution is -0.142. The fraction of sp³-hybridized carbons (Fsp3) is 0.524. The van der Waals surface area contributed by atoms with E-state index < -0.39 is 0 Å². The van der Waals surface area contributed by atoms with Gasteiger partial charge in [-0.15, -0.1) is 0 Å². The third-order valence-electron chi connectivity index (χ3n) is 5.21. The Morgan fingerprint density at radius 3 is 2.08 bits per heavy atom. The van der Waals surface area contributed by atoms with Crippen molar-refractivity contribution in [2.24, 2.45) is 0 Å². The Hall–Kier alpha value is -2.14. The van der Waals surface area contributed by atoms with Gasteiger partial charge in [0.1, 0.15) is 6.42 Å². The average molecular weight is 355 g/mol. The van der Waals surface area contributed by atoms with Crippen LogP contribution in [0.2, 0.25) is 0 Å². The fourth-order valence-electron chi connectivity index (χ4n) is 3.58.